The number of methoxy groups -OCH3 is 1. The van der Waals surface area contributed by atoms with Crippen molar-refractivity contribution in [1.82, 2.24) is 5.32 Å². The van der Waals surface area contributed by atoms with Gasteiger partial charge in [0.2, 0.25) is 0 Å². The SMILES string of the molecule is COCCSCCOC(=O)NC(C)(C)C. The molecule has 0 saturated heterocycles. The molecule has 4 nitrogen and oxygen atoms in total. The monoisotopic (exact) mass is 235 g/mol. The summed E-state index contributed by atoms with van der Waals surface area (Å²) in [5.41, 5.74) is -0.236. The molecule has 0 radical (unpaired) electrons. The second-order valence-electron chi connectivity index (χ2n) is 4.12. The number of carbonyl (C=O) groups is 1. The Kier molecular flexibility index (Phi) is 7.60. The molecule has 0 aromatic carbocycles. The van der Waals surface area contributed by atoms with Gasteiger partial charge in [-0.15, -0.1) is 0 Å². The van der Waals surface area contributed by atoms with Crippen molar-refractivity contribution in [2.75, 3.05) is 31.8 Å². The van der Waals surface area contributed by atoms with Gasteiger partial charge in [0.05, 0.1) is 6.61 Å². The van der Waals surface area contributed by atoms with Gasteiger partial charge < -0.3 is 14.8 Å². The standard InChI is InChI=1S/C10H21NO3S/c1-10(2,3)11-9(12)14-6-8-15-7-5-13-4/h5-8H2,1-4H3,(H,11,12). The predicted molar refractivity (Wildman–Crippen MR) is 63.4 cm³/mol. The van der Waals surface area contributed by atoms with E-state index in [4.69, 9.17) is 9.47 Å². The van der Waals surface area contributed by atoms with Gasteiger partial charge >= 0.3 is 6.09 Å². The fraction of sp³-hybridized carbons (Fsp3) is 0.900. The first-order chi connectivity index (χ1) is 6.95. The summed E-state index contributed by atoms with van der Waals surface area (Å²) in [4.78, 5) is 11.2. The summed E-state index contributed by atoms with van der Waals surface area (Å²) in [6.07, 6.45) is -0.352. The lowest BCUT2D eigenvalue weighted by Gasteiger charge is -2.19. The van der Waals surface area contributed by atoms with E-state index in [0.717, 1.165) is 18.1 Å². The van der Waals surface area contributed by atoms with E-state index in [1.54, 1.807) is 18.9 Å². The zero-order valence-corrected chi connectivity index (χ0v) is 10.8. The highest BCUT2D eigenvalue weighted by molar-refractivity contribution is 7.99. The highest BCUT2D eigenvalue weighted by atomic mass is 32.2. The normalized spacial score (nSPS) is 11.2. The molecule has 0 aliphatic rings. The van der Waals surface area contributed by atoms with Gasteiger partial charge in [-0.2, -0.15) is 11.8 Å². The van der Waals surface area contributed by atoms with Gasteiger partial charge in [0, 0.05) is 24.2 Å². The number of carbonyl (C=O) groups excluding carboxylic acids is 1. The van der Waals surface area contributed by atoms with Crippen LogP contribution in [0.2, 0.25) is 0 Å². The molecule has 0 aliphatic carbocycles. The lowest BCUT2D eigenvalue weighted by atomic mass is 10.1. The molecule has 0 rings (SSSR count). The van der Waals surface area contributed by atoms with E-state index in [2.05, 4.69) is 5.32 Å². The second kappa shape index (κ2) is 7.82. The van der Waals surface area contributed by atoms with E-state index >= 15 is 0 Å². The molecule has 0 aromatic heterocycles. The van der Waals surface area contributed by atoms with E-state index in [0.29, 0.717) is 6.61 Å². The lowest BCUT2D eigenvalue weighted by molar-refractivity contribution is 0.144. The highest BCUT2D eigenvalue weighted by Crippen LogP contribution is 2.01. The van der Waals surface area contributed by atoms with E-state index in [9.17, 15) is 4.79 Å². The van der Waals surface area contributed by atoms with Crippen molar-refractivity contribution >= 4 is 17.9 Å². The largest absolute Gasteiger partial charge is 0.449 e. The third kappa shape index (κ3) is 11.5. The van der Waals surface area contributed by atoms with E-state index in [-0.39, 0.29) is 11.6 Å². The van der Waals surface area contributed by atoms with Crippen LogP contribution in [-0.2, 0) is 9.47 Å². The molecule has 0 heterocycles. The summed E-state index contributed by atoms with van der Waals surface area (Å²) in [5, 5.41) is 2.73. The Morgan fingerprint density at radius 1 is 1.27 bits per heavy atom. The van der Waals surface area contributed by atoms with E-state index in [1.165, 1.54) is 0 Å². The van der Waals surface area contributed by atoms with Gasteiger partial charge in [0.15, 0.2) is 0 Å². The lowest BCUT2D eigenvalue weighted by Crippen LogP contribution is -2.41. The Balaban J connectivity index is 3.32. The van der Waals surface area contributed by atoms with Crippen LogP contribution in [-0.4, -0.2) is 43.5 Å². The molecule has 0 saturated carbocycles. The number of thioether (sulfide) groups is 1. The van der Waals surface area contributed by atoms with Crippen LogP contribution in [0.15, 0.2) is 0 Å². The van der Waals surface area contributed by atoms with Crippen LogP contribution in [0.1, 0.15) is 20.8 Å². The molecule has 15 heavy (non-hydrogen) atoms. The topological polar surface area (TPSA) is 47.6 Å². The van der Waals surface area contributed by atoms with Crippen LogP contribution < -0.4 is 5.32 Å². The maximum absolute atomic E-state index is 11.2. The quantitative estimate of drug-likeness (QED) is 0.714. The van der Waals surface area contributed by atoms with Crippen LogP contribution in [0.5, 0.6) is 0 Å². The van der Waals surface area contributed by atoms with Crippen LogP contribution in [0, 0.1) is 0 Å². The summed E-state index contributed by atoms with van der Waals surface area (Å²) in [6, 6.07) is 0. The van der Waals surface area contributed by atoms with E-state index < -0.39 is 0 Å². The second-order valence-corrected chi connectivity index (χ2v) is 5.34. The summed E-state index contributed by atoms with van der Waals surface area (Å²) in [5.74, 6) is 1.74. The first kappa shape index (κ1) is 14.6. The molecular weight excluding hydrogens is 214 g/mol. The van der Waals surface area contributed by atoms with Crippen molar-refractivity contribution in [3.8, 4) is 0 Å². The van der Waals surface area contributed by atoms with Crippen molar-refractivity contribution in [3.63, 3.8) is 0 Å². The fourth-order valence-electron chi connectivity index (χ4n) is 0.780. The Bertz CT molecular complexity index is 180. The molecule has 0 aliphatic heterocycles. The average molecular weight is 235 g/mol. The van der Waals surface area contributed by atoms with Gasteiger partial charge in [-0.25, -0.2) is 4.79 Å². The molecule has 1 amide bonds. The smallest absolute Gasteiger partial charge is 0.407 e. The van der Waals surface area contributed by atoms with Gasteiger partial charge in [0.25, 0.3) is 0 Å². The zero-order chi connectivity index (χ0) is 11.7. The van der Waals surface area contributed by atoms with E-state index in [1.807, 2.05) is 20.8 Å². The van der Waals surface area contributed by atoms with Crippen LogP contribution in [0.4, 0.5) is 4.79 Å². The summed E-state index contributed by atoms with van der Waals surface area (Å²) >= 11 is 1.71. The van der Waals surface area contributed by atoms with Crippen molar-refractivity contribution in [2.45, 2.75) is 26.3 Å². The highest BCUT2D eigenvalue weighted by Gasteiger charge is 2.13. The molecule has 0 aromatic rings. The average Bonchev–Trinajstić information content (AvgIpc) is 2.08. The maximum Gasteiger partial charge on any atom is 0.407 e. The molecule has 1 N–H and O–H groups in total. The Morgan fingerprint density at radius 3 is 2.40 bits per heavy atom. The van der Waals surface area contributed by atoms with Crippen molar-refractivity contribution in [2.24, 2.45) is 0 Å². The molecule has 5 heteroatoms. The number of hydrogen-bond acceptors (Lipinski definition) is 4. The molecule has 0 bridgehead atoms. The van der Waals surface area contributed by atoms with Crippen molar-refractivity contribution < 1.29 is 14.3 Å². The number of nitrogens with one attached hydrogen (secondary N) is 1. The van der Waals surface area contributed by atoms with Gasteiger partial charge in [0.1, 0.15) is 6.61 Å². The minimum Gasteiger partial charge on any atom is -0.449 e. The third-order valence-electron chi connectivity index (χ3n) is 1.37. The van der Waals surface area contributed by atoms with Crippen LogP contribution in [0.3, 0.4) is 0 Å². The zero-order valence-electron chi connectivity index (χ0n) is 9.96. The molecule has 0 spiro atoms. The molecule has 90 valence electrons. The molecule has 0 fully saturated rings. The maximum atomic E-state index is 11.2. The molecule has 0 atom stereocenters. The Labute approximate surface area is 96.1 Å². The predicted octanol–water partition coefficient (Wildman–Crippen LogP) is 1.89. The number of hydrogen-bond donors (Lipinski definition) is 1. The number of amides is 1. The number of ether oxygens (including phenoxy) is 2. The summed E-state index contributed by atoms with van der Waals surface area (Å²) in [6.45, 7) is 6.93. The number of alkyl carbamates (subject to hydrolysis) is 1. The number of rotatable bonds is 6. The minimum atomic E-state index is -0.352. The van der Waals surface area contributed by atoms with Gasteiger partial charge in [-0.1, -0.05) is 0 Å². The first-order valence-corrected chi connectivity index (χ1v) is 6.13. The fourth-order valence-corrected chi connectivity index (χ4v) is 1.47. The Morgan fingerprint density at radius 2 is 1.87 bits per heavy atom. The van der Waals surface area contributed by atoms with Gasteiger partial charge in [-0.05, 0) is 20.8 Å². The Hall–Kier alpha value is -0.420. The van der Waals surface area contributed by atoms with Crippen LogP contribution in [0.25, 0.3) is 0 Å². The minimum absolute atomic E-state index is 0.236. The summed E-state index contributed by atoms with van der Waals surface area (Å²) < 4.78 is 9.88. The third-order valence-corrected chi connectivity index (χ3v) is 2.28. The van der Waals surface area contributed by atoms with Crippen molar-refractivity contribution in [3.05, 3.63) is 0 Å². The van der Waals surface area contributed by atoms with Gasteiger partial charge in [-0.3, -0.25) is 0 Å². The molecule has 0 unspecified atom stereocenters. The summed E-state index contributed by atoms with van der Waals surface area (Å²) in [7, 11) is 1.67. The molecular formula is C10H21NO3S. The first-order valence-electron chi connectivity index (χ1n) is 4.97. The van der Waals surface area contributed by atoms with Crippen molar-refractivity contribution in [1.29, 1.82) is 0 Å². The van der Waals surface area contributed by atoms with Crippen LogP contribution >= 0.6 is 11.8 Å².